The lowest BCUT2D eigenvalue weighted by molar-refractivity contribution is 0.101. The Kier molecular flexibility index (Phi) is 10.0. The summed E-state index contributed by atoms with van der Waals surface area (Å²) >= 11 is 3.76. The largest absolute Gasteiger partial charge is 0.438 e. The third-order valence-electron chi connectivity index (χ3n) is 7.67. The smallest absolute Gasteiger partial charge is 0.230 e. The van der Waals surface area contributed by atoms with Gasteiger partial charge in [0.2, 0.25) is 5.71 Å². The zero-order chi connectivity index (χ0) is 29.6. The molecule has 6 nitrogen and oxygen atoms in total. The van der Waals surface area contributed by atoms with Gasteiger partial charge in [-0.3, -0.25) is 4.68 Å². The Balaban J connectivity index is 0.000000341. The molecule has 0 aliphatic heterocycles. The molecule has 3 heterocycles. The number of fused-ring (bicyclic) bond motifs is 1. The Morgan fingerprint density at radius 1 is 0.857 bits per heavy atom. The highest BCUT2D eigenvalue weighted by molar-refractivity contribution is 7.99. The summed E-state index contributed by atoms with van der Waals surface area (Å²) in [5, 5.41) is 15.9. The van der Waals surface area contributed by atoms with Gasteiger partial charge in [-0.15, -0.1) is 0 Å². The van der Waals surface area contributed by atoms with Gasteiger partial charge >= 0.3 is 0 Å². The third-order valence-corrected chi connectivity index (χ3v) is 9.78. The van der Waals surface area contributed by atoms with Crippen molar-refractivity contribution in [3.05, 3.63) is 79.0 Å². The first-order valence-electron chi connectivity index (χ1n) is 14.4. The number of hydrogen-bond acceptors (Lipinski definition) is 7. The topological polar surface area (TPSA) is 77.0 Å². The van der Waals surface area contributed by atoms with E-state index in [1.165, 1.54) is 18.5 Å². The molecule has 2 saturated carbocycles. The molecule has 2 fully saturated rings. The number of halogens is 1. The van der Waals surface area contributed by atoms with Crippen LogP contribution in [0.25, 0.3) is 44.9 Å². The van der Waals surface area contributed by atoms with Crippen molar-refractivity contribution < 1.29 is 13.9 Å². The van der Waals surface area contributed by atoms with Crippen LogP contribution >= 0.6 is 23.5 Å². The lowest BCUT2D eigenvalue weighted by Crippen LogP contribution is -2.30. The average molecular weight is 605 g/mol. The standard InChI is InChI=1S/C26H21FN4OS.C5H10OS.C2H6/c1-33-20-11-19(12-20)31-14-22(24(30-31)17-7-9-18(27)10-8-17)25-21-13-23(16-5-3-2-4-6-16)32-26(21)29-15-28-25;1-7-5-2-4(6)3-5;1-2/h2-10,13-15,19-20H,11-12H2,1H3;4-6H,2-3H2,1H3;1-2H3. The molecule has 2 aliphatic carbocycles. The number of benzene rings is 2. The van der Waals surface area contributed by atoms with E-state index in [1.54, 1.807) is 12.1 Å². The summed E-state index contributed by atoms with van der Waals surface area (Å²) in [7, 11) is 0. The maximum Gasteiger partial charge on any atom is 0.230 e. The van der Waals surface area contributed by atoms with Crippen LogP contribution in [0.5, 0.6) is 0 Å². The molecule has 0 unspecified atom stereocenters. The van der Waals surface area contributed by atoms with Gasteiger partial charge in [0.05, 0.1) is 23.2 Å². The number of aromatic nitrogens is 4. The molecular formula is C33H37FN4O2S2. The van der Waals surface area contributed by atoms with E-state index in [2.05, 4.69) is 28.7 Å². The molecule has 0 radical (unpaired) electrons. The van der Waals surface area contributed by atoms with Crippen molar-refractivity contribution in [1.29, 1.82) is 0 Å². The van der Waals surface area contributed by atoms with Crippen LogP contribution in [-0.2, 0) is 0 Å². The molecule has 0 atom stereocenters. The van der Waals surface area contributed by atoms with E-state index in [4.69, 9.17) is 14.6 Å². The molecule has 220 valence electrons. The zero-order valence-electron chi connectivity index (χ0n) is 24.4. The number of thioether (sulfide) groups is 2. The molecule has 0 saturated heterocycles. The van der Waals surface area contributed by atoms with Gasteiger partial charge in [0.25, 0.3) is 0 Å². The molecule has 2 aliphatic rings. The van der Waals surface area contributed by atoms with Crippen molar-refractivity contribution in [2.24, 2.45) is 0 Å². The molecular weight excluding hydrogens is 568 g/mol. The van der Waals surface area contributed by atoms with Crippen LogP contribution in [0.15, 0.2) is 77.6 Å². The van der Waals surface area contributed by atoms with Crippen LogP contribution in [0.1, 0.15) is 45.6 Å². The van der Waals surface area contributed by atoms with Gasteiger partial charge in [-0.25, -0.2) is 14.4 Å². The van der Waals surface area contributed by atoms with Crippen molar-refractivity contribution >= 4 is 34.6 Å². The monoisotopic (exact) mass is 604 g/mol. The zero-order valence-corrected chi connectivity index (χ0v) is 26.0. The average Bonchev–Trinajstić information content (AvgIpc) is 3.62. The van der Waals surface area contributed by atoms with E-state index in [0.717, 1.165) is 70.2 Å². The molecule has 0 amide bonds. The summed E-state index contributed by atoms with van der Waals surface area (Å²) in [6.45, 7) is 4.00. The van der Waals surface area contributed by atoms with Gasteiger partial charge in [0, 0.05) is 33.4 Å². The third kappa shape index (κ3) is 6.58. The normalized spacial score (nSPS) is 20.9. The van der Waals surface area contributed by atoms with Crippen molar-refractivity contribution in [3.63, 3.8) is 0 Å². The number of rotatable bonds is 6. The second-order valence-electron chi connectivity index (χ2n) is 10.3. The van der Waals surface area contributed by atoms with E-state index in [0.29, 0.717) is 17.0 Å². The first-order valence-corrected chi connectivity index (χ1v) is 17.0. The first-order chi connectivity index (χ1) is 20.5. The minimum absolute atomic E-state index is 0.0254. The number of nitrogens with zero attached hydrogens (tertiary/aromatic N) is 4. The molecule has 2 aromatic carbocycles. The Bertz CT molecular complexity index is 1580. The summed E-state index contributed by atoms with van der Waals surface area (Å²) < 4.78 is 21.7. The highest BCUT2D eigenvalue weighted by Crippen LogP contribution is 2.42. The molecule has 7 rings (SSSR count). The molecule has 0 bridgehead atoms. The fraction of sp³-hybridized carbons (Fsp3) is 0.364. The molecule has 5 aromatic rings. The summed E-state index contributed by atoms with van der Waals surface area (Å²) in [5.41, 5.74) is 4.80. The minimum Gasteiger partial charge on any atom is -0.438 e. The predicted octanol–water partition coefficient (Wildman–Crippen LogP) is 8.52. The van der Waals surface area contributed by atoms with Crippen molar-refractivity contribution in [2.45, 2.75) is 62.2 Å². The predicted molar refractivity (Wildman–Crippen MR) is 173 cm³/mol. The number of furan rings is 1. The van der Waals surface area contributed by atoms with Gasteiger partial charge in [-0.2, -0.15) is 28.6 Å². The molecule has 0 spiro atoms. The number of aliphatic hydroxyl groups excluding tert-OH is 1. The van der Waals surface area contributed by atoms with Crippen LogP contribution in [-0.4, -0.2) is 54.0 Å². The van der Waals surface area contributed by atoms with E-state index >= 15 is 0 Å². The summed E-state index contributed by atoms with van der Waals surface area (Å²) in [6, 6.07) is 18.7. The van der Waals surface area contributed by atoms with Gasteiger partial charge in [-0.05, 0) is 68.5 Å². The molecule has 3 aromatic heterocycles. The Labute approximate surface area is 255 Å². The first kappa shape index (κ1) is 30.3. The van der Waals surface area contributed by atoms with Crippen LogP contribution < -0.4 is 0 Å². The van der Waals surface area contributed by atoms with Gasteiger partial charge in [0.1, 0.15) is 23.6 Å². The summed E-state index contributed by atoms with van der Waals surface area (Å²) in [5.74, 6) is 0.471. The fourth-order valence-corrected chi connectivity index (χ4v) is 6.72. The lowest BCUT2D eigenvalue weighted by atomic mass is 9.92. The van der Waals surface area contributed by atoms with Crippen molar-refractivity contribution in [1.82, 2.24) is 19.7 Å². The number of hydrogen-bond donors (Lipinski definition) is 1. The van der Waals surface area contributed by atoms with Crippen LogP contribution in [0.3, 0.4) is 0 Å². The second-order valence-corrected chi connectivity index (χ2v) is 12.5. The molecule has 1 N–H and O–H groups in total. The fourth-order valence-electron chi connectivity index (χ4n) is 5.06. The van der Waals surface area contributed by atoms with E-state index in [1.807, 2.05) is 78.5 Å². The maximum absolute atomic E-state index is 13.6. The summed E-state index contributed by atoms with van der Waals surface area (Å²) in [6.07, 6.45) is 12.1. The van der Waals surface area contributed by atoms with Crippen LogP contribution in [0.2, 0.25) is 0 Å². The van der Waals surface area contributed by atoms with E-state index in [9.17, 15) is 4.39 Å². The maximum atomic E-state index is 13.6. The van der Waals surface area contributed by atoms with Gasteiger partial charge in [0.15, 0.2) is 0 Å². The second kappa shape index (κ2) is 13.9. The quantitative estimate of drug-likeness (QED) is 0.208. The highest BCUT2D eigenvalue weighted by atomic mass is 32.2. The van der Waals surface area contributed by atoms with E-state index in [-0.39, 0.29) is 11.9 Å². The minimum atomic E-state index is -0.270. The molecule has 9 heteroatoms. The number of aliphatic hydroxyl groups is 1. The highest BCUT2D eigenvalue weighted by Gasteiger charge is 2.32. The van der Waals surface area contributed by atoms with Gasteiger partial charge in [-0.1, -0.05) is 44.2 Å². The summed E-state index contributed by atoms with van der Waals surface area (Å²) in [4.78, 5) is 8.99. The van der Waals surface area contributed by atoms with Crippen molar-refractivity contribution in [2.75, 3.05) is 12.5 Å². The van der Waals surface area contributed by atoms with Crippen LogP contribution in [0.4, 0.5) is 4.39 Å². The van der Waals surface area contributed by atoms with Crippen molar-refractivity contribution in [3.8, 4) is 33.8 Å². The lowest BCUT2D eigenvalue weighted by Gasteiger charge is -2.34. The van der Waals surface area contributed by atoms with Gasteiger partial charge < -0.3 is 9.52 Å². The Morgan fingerprint density at radius 2 is 1.52 bits per heavy atom. The Hall–Kier alpha value is -3.14. The SMILES string of the molecule is CC.CSC1CC(O)C1.CSC1CC(n2cc(-c3ncnc4oc(-c5ccccc5)cc34)c(-c3ccc(F)cc3)n2)C1. The molecule has 42 heavy (non-hydrogen) atoms. The Morgan fingerprint density at radius 3 is 2.14 bits per heavy atom. The van der Waals surface area contributed by atoms with E-state index < -0.39 is 0 Å². The van der Waals surface area contributed by atoms with Crippen LogP contribution in [0, 0.1) is 5.82 Å².